The maximum atomic E-state index is 12.4. The van der Waals surface area contributed by atoms with E-state index in [-0.39, 0.29) is 12.5 Å². The summed E-state index contributed by atoms with van der Waals surface area (Å²) in [5.74, 6) is 0.371. The van der Waals surface area contributed by atoms with Crippen LogP contribution in [0.4, 0.5) is 0 Å². The molecule has 0 aliphatic carbocycles. The number of carbonyl (C=O) groups is 1. The van der Waals surface area contributed by atoms with Crippen LogP contribution >= 0.6 is 0 Å². The van der Waals surface area contributed by atoms with E-state index in [1.54, 1.807) is 31.1 Å². The second kappa shape index (κ2) is 6.38. The van der Waals surface area contributed by atoms with Crippen molar-refractivity contribution in [1.29, 1.82) is 5.26 Å². The van der Waals surface area contributed by atoms with E-state index in [9.17, 15) is 4.79 Å². The molecule has 0 spiro atoms. The fourth-order valence-corrected chi connectivity index (χ4v) is 2.45. The third kappa shape index (κ3) is 2.77. The molecule has 7 heteroatoms. The summed E-state index contributed by atoms with van der Waals surface area (Å²) in [5, 5.41) is 16.0. The van der Waals surface area contributed by atoms with Gasteiger partial charge in [0.15, 0.2) is 5.65 Å². The number of amides is 1. The average Bonchev–Trinajstić information content (AvgIpc) is 3.00. The van der Waals surface area contributed by atoms with E-state index >= 15 is 0 Å². The van der Waals surface area contributed by atoms with E-state index in [2.05, 4.69) is 15.4 Å². The highest BCUT2D eigenvalue weighted by atomic mass is 16.5. The number of rotatable bonds is 4. The van der Waals surface area contributed by atoms with Crippen molar-refractivity contribution in [3.63, 3.8) is 0 Å². The number of nitriles is 1. The van der Waals surface area contributed by atoms with Gasteiger partial charge in [0.2, 0.25) is 0 Å². The smallest absolute Gasteiger partial charge is 0.252 e. The zero-order valence-corrected chi connectivity index (χ0v) is 13.3. The maximum Gasteiger partial charge on any atom is 0.252 e. The van der Waals surface area contributed by atoms with Crippen LogP contribution in [0.1, 0.15) is 10.4 Å². The molecule has 0 aliphatic rings. The SMILES string of the molecule is COc1cccc(-c2cc(C(=O)NCC#N)c3cnn(C)c3n2)c1. The van der Waals surface area contributed by atoms with E-state index in [1.807, 2.05) is 30.3 Å². The molecule has 0 bridgehead atoms. The molecule has 0 fully saturated rings. The standard InChI is InChI=1S/C17H15N5O2/c1-22-16-14(10-20-22)13(17(23)19-7-6-18)9-15(21-16)11-4-3-5-12(8-11)24-2/h3-5,8-10H,7H2,1-2H3,(H,19,23). The Morgan fingerprint density at radius 2 is 2.25 bits per heavy atom. The van der Waals surface area contributed by atoms with Gasteiger partial charge in [-0.2, -0.15) is 10.4 Å². The monoisotopic (exact) mass is 321 g/mol. The third-order valence-electron chi connectivity index (χ3n) is 3.64. The van der Waals surface area contributed by atoms with Gasteiger partial charge in [-0.25, -0.2) is 4.98 Å². The third-order valence-corrected chi connectivity index (χ3v) is 3.64. The van der Waals surface area contributed by atoms with Crippen molar-refractivity contribution in [2.75, 3.05) is 13.7 Å². The Morgan fingerprint density at radius 1 is 1.42 bits per heavy atom. The molecule has 7 nitrogen and oxygen atoms in total. The number of aryl methyl sites for hydroxylation is 1. The lowest BCUT2D eigenvalue weighted by molar-refractivity contribution is 0.0960. The molecule has 1 aromatic carbocycles. The molecule has 1 N–H and O–H groups in total. The van der Waals surface area contributed by atoms with Crippen LogP contribution in [0.15, 0.2) is 36.5 Å². The molecular formula is C17H15N5O2. The maximum absolute atomic E-state index is 12.4. The van der Waals surface area contributed by atoms with Crippen LogP contribution in [0.3, 0.4) is 0 Å². The van der Waals surface area contributed by atoms with Crippen LogP contribution in [-0.4, -0.2) is 34.3 Å². The van der Waals surface area contributed by atoms with Crippen LogP contribution in [0.5, 0.6) is 5.75 Å². The number of aromatic nitrogens is 3. The Kier molecular flexibility index (Phi) is 4.12. The minimum Gasteiger partial charge on any atom is -0.497 e. The number of nitrogens with one attached hydrogen (secondary N) is 1. The summed E-state index contributed by atoms with van der Waals surface area (Å²) < 4.78 is 6.85. The molecule has 2 aromatic heterocycles. The second-order valence-electron chi connectivity index (χ2n) is 5.13. The van der Waals surface area contributed by atoms with Crippen LogP contribution in [-0.2, 0) is 7.05 Å². The highest BCUT2D eigenvalue weighted by Gasteiger charge is 2.16. The Hall–Kier alpha value is -3.40. The zero-order valence-electron chi connectivity index (χ0n) is 13.3. The summed E-state index contributed by atoms with van der Waals surface area (Å²) in [6, 6.07) is 11.0. The molecule has 2 heterocycles. The first kappa shape index (κ1) is 15.5. The molecule has 1 amide bonds. The molecule has 0 saturated carbocycles. The minimum absolute atomic E-state index is 0.0581. The van der Waals surface area contributed by atoms with Crippen molar-refractivity contribution in [3.05, 3.63) is 42.1 Å². The van der Waals surface area contributed by atoms with Gasteiger partial charge in [-0.3, -0.25) is 9.48 Å². The molecule has 0 radical (unpaired) electrons. The largest absolute Gasteiger partial charge is 0.497 e. The lowest BCUT2D eigenvalue weighted by atomic mass is 10.1. The van der Waals surface area contributed by atoms with Gasteiger partial charge in [0.1, 0.15) is 12.3 Å². The zero-order chi connectivity index (χ0) is 17.1. The van der Waals surface area contributed by atoms with Crippen LogP contribution in [0.25, 0.3) is 22.3 Å². The summed E-state index contributed by atoms with van der Waals surface area (Å²) in [7, 11) is 3.36. The van der Waals surface area contributed by atoms with Crippen LogP contribution in [0, 0.1) is 11.3 Å². The molecular weight excluding hydrogens is 306 g/mol. The molecule has 0 atom stereocenters. The second-order valence-corrected chi connectivity index (χ2v) is 5.13. The number of fused-ring (bicyclic) bond motifs is 1. The van der Waals surface area contributed by atoms with Gasteiger partial charge in [0, 0.05) is 12.6 Å². The highest BCUT2D eigenvalue weighted by molar-refractivity contribution is 6.06. The summed E-state index contributed by atoms with van der Waals surface area (Å²) in [6.45, 7) is -0.0581. The average molecular weight is 321 g/mol. The van der Waals surface area contributed by atoms with Gasteiger partial charge in [-0.15, -0.1) is 0 Å². The molecule has 120 valence electrons. The van der Waals surface area contributed by atoms with Gasteiger partial charge in [0.25, 0.3) is 5.91 Å². The molecule has 0 saturated heterocycles. The molecule has 24 heavy (non-hydrogen) atoms. The van der Waals surface area contributed by atoms with Crippen LogP contribution < -0.4 is 10.1 Å². The van der Waals surface area contributed by atoms with Crippen molar-refractivity contribution in [1.82, 2.24) is 20.1 Å². The lowest BCUT2D eigenvalue weighted by Gasteiger charge is -2.08. The first-order valence-corrected chi connectivity index (χ1v) is 7.26. The summed E-state index contributed by atoms with van der Waals surface area (Å²) in [5.41, 5.74) is 2.48. The number of pyridine rings is 1. The fourth-order valence-electron chi connectivity index (χ4n) is 2.45. The Balaban J connectivity index is 2.17. The summed E-state index contributed by atoms with van der Waals surface area (Å²) in [6.07, 6.45) is 1.60. The summed E-state index contributed by atoms with van der Waals surface area (Å²) >= 11 is 0. The molecule has 0 aliphatic heterocycles. The van der Waals surface area contributed by atoms with Gasteiger partial charge in [-0.05, 0) is 18.2 Å². The Bertz CT molecular complexity index is 955. The quantitative estimate of drug-likeness (QED) is 0.741. The van der Waals surface area contributed by atoms with Crippen molar-refractivity contribution in [3.8, 4) is 23.1 Å². The van der Waals surface area contributed by atoms with E-state index in [1.165, 1.54) is 0 Å². The Labute approximate surface area is 138 Å². The van der Waals surface area contributed by atoms with Gasteiger partial charge in [0.05, 0.1) is 36.0 Å². The number of methoxy groups -OCH3 is 1. The van der Waals surface area contributed by atoms with E-state index in [0.717, 1.165) is 5.56 Å². The number of benzene rings is 1. The lowest BCUT2D eigenvalue weighted by Crippen LogP contribution is -2.23. The van der Waals surface area contributed by atoms with E-state index in [0.29, 0.717) is 28.0 Å². The molecule has 0 unspecified atom stereocenters. The predicted molar refractivity (Wildman–Crippen MR) is 88.4 cm³/mol. The van der Waals surface area contributed by atoms with Crippen molar-refractivity contribution < 1.29 is 9.53 Å². The van der Waals surface area contributed by atoms with Crippen molar-refractivity contribution in [2.24, 2.45) is 7.05 Å². The number of nitrogens with zero attached hydrogens (tertiary/aromatic N) is 4. The first-order valence-electron chi connectivity index (χ1n) is 7.26. The van der Waals surface area contributed by atoms with Gasteiger partial charge < -0.3 is 10.1 Å². The normalized spacial score (nSPS) is 10.4. The van der Waals surface area contributed by atoms with Gasteiger partial charge in [-0.1, -0.05) is 12.1 Å². The number of hydrogen-bond acceptors (Lipinski definition) is 5. The number of hydrogen-bond donors (Lipinski definition) is 1. The van der Waals surface area contributed by atoms with E-state index < -0.39 is 0 Å². The van der Waals surface area contributed by atoms with Crippen LogP contribution in [0.2, 0.25) is 0 Å². The molecule has 3 rings (SSSR count). The van der Waals surface area contributed by atoms with E-state index in [4.69, 9.17) is 10.00 Å². The Morgan fingerprint density at radius 3 is 3.00 bits per heavy atom. The minimum atomic E-state index is -0.332. The first-order chi connectivity index (χ1) is 11.6. The number of carbonyl (C=O) groups excluding carboxylic acids is 1. The predicted octanol–water partition coefficient (Wildman–Crippen LogP) is 1.90. The highest BCUT2D eigenvalue weighted by Crippen LogP contribution is 2.27. The van der Waals surface area contributed by atoms with Crippen molar-refractivity contribution in [2.45, 2.75) is 0 Å². The van der Waals surface area contributed by atoms with Gasteiger partial charge >= 0.3 is 0 Å². The summed E-state index contributed by atoms with van der Waals surface area (Å²) in [4.78, 5) is 17.0. The van der Waals surface area contributed by atoms with Crippen molar-refractivity contribution >= 4 is 16.9 Å². The number of ether oxygens (including phenoxy) is 1. The fraction of sp³-hybridized carbons (Fsp3) is 0.176. The topological polar surface area (TPSA) is 92.8 Å². The molecule has 3 aromatic rings.